The topological polar surface area (TPSA) is 139 Å². The molecule has 0 saturated carbocycles. The third kappa shape index (κ3) is 11.9. The highest BCUT2D eigenvalue weighted by Crippen LogP contribution is 2.20. The molecule has 1 aliphatic heterocycles. The minimum Gasteiger partial charge on any atom is -0.480 e. The van der Waals surface area contributed by atoms with Crippen LogP contribution in [0.15, 0.2) is 0 Å². The number of carboxylic acids is 3. The van der Waals surface area contributed by atoms with Crippen molar-refractivity contribution < 1.29 is 34.5 Å². The molecule has 10 nitrogen and oxygen atoms in total. The van der Waals surface area contributed by atoms with Crippen LogP contribution >= 0.6 is 0 Å². The van der Waals surface area contributed by atoms with Gasteiger partial charge in [0.15, 0.2) is 0 Å². The van der Waals surface area contributed by atoms with Crippen LogP contribution in [0, 0.1) is 5.92 Å². The number of Topliss-reactive ketones (excluding diaryl/α,β-unsaturated/α-hetero) is 1. The minimum atomic E-state index is -1.01. The molecule has 2 unspecified atom stereocenters. The van der Waals surface area contributed by atoms with Gasteiger partial charge in [0.1, 0.15) is 11.8 Å². The van der Waals surface area contributed by atoms with Crippen molar-refractivity contribution in [2.24, 2.45) is 5.92 Å². The highest BCUT2D eigenvalue weighted by molar-refractivity contribution is 5.82. The summed E-state index contributed by atoms with van der Waals surface area (Å²) in [5.41, 5.74) is 0. The van der Waals surface area contributed by atoms with Gasteiger partial charge in [-0.25, -0.2) is 0 Å². The molecule has 1 rings (SSSR count). The van der Waals surface area contributed by atoms with Gasteiger partial charge in [0.2, 0.25) is 0 Å². The van der Waals surface area contributed by atoms with Gasteiger partial charge in [-0.2, -0.15) is 0 Å². The molecular weight excluding hydrogens is 442 g/mol. The van der Waals surface area contributed by atoms with Crippen LogP contribution < -0.4 is 0 Å². The fraction of sp³-hybridized carbons (Fsp3) is 0.833. The lowest BCUT2D eigenvalue weighted by Crippen LogP contribution is -2.50. The fourth-order valence-corrected chi connectivity index (χ4v) is 4.61. The van der Waals surface area contributed by atoms with E-state index in [1.165, 1.54) is 0 Å². The fourth-order valence-electron chi connectivity index (χ4n) is 4.61. The number of carbonyl (C=O) groups is 4. The van der Waals surface area contributed by atoms with Gasteiger partial charge in [-0.05, 0) is 25.7 Å². The summed E-state index contributed by atoms with van der Waals surface area (Å²) in [5, 5.41) is 28.4. The van der Waals surface area contributed by atoms with Crippen LogP contribution in [0.5, 0.6) is 0 Å². The number of nitrogens with zero attached hydrogens (tertiary/aromatic N) is 3. The number of hydrogen-bond donors (Lipinski definition) is 3. The first kappa shape index (κ1) is 30.0. The Hall–Kier alpha value is -2.04. The number of carboxylic acid groups (broad SMARTS) is 3. The molecule has 3 N–H and O–H groups in total. The molecule has 0 aromatic rings. The van der Waals surface area contributed by atoms with Crippen molar-refractivity contribution in [3.05, 3.63) is 0 Å². The lowest BCUT2D eigenvalue weighted by atomic mass is 9.89. The van der Waals surface area contributed by atoms with Gasteiger partial charge >= 0.3 is 17.9 Å². The van der Waals surface area contributed by atoms with E-state index in [2.05, 4.69) is 6.92 Å². The zero-order valence-corrected chi connectivity index (χ0v) is 20.8. The Morgan fingerprint density at radius 3 is 1.74 bits per heavy atom. The molecule has 0 aliphatic carbocycles. The van der Waals surface area contributed by atoms with E-state index in [4.69, 9.17) is 0 Å². The monoisotopic (exact) mass is 485 g/mol. The highest BCUT2D eigenvalue weighted by Gasteiger charge is 2.29. The quantitative estimate of drug-likeness (QED) is 0.315. The maximum atomic E-state index is 12.9. The molecule has 34 heavy (non-hydrogen) atoms. The third-order valence-electron chi connectivity index (χ3n) is 6.46. The van der Waals surface area contributed by atoms with Crippen LogP contribution in [0.25, 0.3) is 0 Å². The van der Waals surface area contributed by atoms with E-state index in [0.717, 1.165) is 32.1 Å². The molecule has 1 aliphatic rings. The Labute approximate surface area is 202 Å². The second-order valence-electron chi connectivity index (χ2n) is 9.22. The first-order valence-electron chi connectivity index (χ1n) is 12.6. The van der Waals surface area contributed by atoms with Crippen molar-refractivity contribution in [3.8, 4) is 0 Å². The lowest BCUT2D eigenvalue weighted by molar-refractivity contribution is -0.145. The van der Waals surface area contributed by atoms with Crippen LogP contribution in [0.1, 0.15) is 65.2 Å². The largest absolute Gasteiger partial charge is 0.480 e. The predicted octanol–water partition coefficient (Wildman–Crippen LogP) is 1.87. The zero-order chi connectivity index (χ0) is 25.5. The van der Waals surface area contributed by atoms with Crippen molar-refractivity contribution in [2.75, 3.05) is 52.4 Å². The number of ketones is 1. The molecular formula is C24H43N3O7. The summed E-state index contributed by atoms with van der Waals surface area (Å²) in [6.45, 7) is 6.28. The van der Waals surface area contributed by atoms with Crippen molar-refractivity contribution >= 4 is 23.7 Å². The summed E-state index contributed by atoms with van der Waals surface area (Å²) in [6.07, 6.45) is 5.56. The van der Waals surface area contributed by atoms with Crippen LogP contribution in [0.3, 0.4) is 0 Å². The highest BCUT2D eigenvalue weighted by atomic mass is 16.4. The molecule has 1 fully saturated rings. The number of hydrogen-bond acceptors (Lipinski definition) is 7. The number of aliphatic carboxylic acids is 3. The smallest absolute Gasteiger partial charge is 0.320 e. The first-order chi connectivity index (χ1) is 16.2. The molecule has 0 aromatic heterocycles. The molecule has 196 valence electrons. The van der Waals surface area contributed by atoms with Gasteiger partial charge in [0, 0.05) is 51.6 Å². The van der Waals surface area contributed by atoms with Crippen LogP contribution in [-0.2, 0) is 19.2 Å². The average molecular weight is 486 g/mol. The van der Waals surface area contributed by atoms with Crippen LogP contribution in [-0.4, -0.2) is 112 Å². The molecule has 0 amide bonds. The lowest BCUT2D eigenvalue weighted by Gasteiger charge is -2.35. The second-order valence-corrected chi connectivity index (χ2v) is 9.22. The van der Waals surface area contributed by atoms with E-state index >= 15 is 0 Å². The van der Waals surface area contributed by atoms with Gasteiger partial charge in [0.05, 0.1) is 13.1 Å². The van der Waals surface area contributed by atoms with E-state index in [0.29, 0.717) is 45.7 Å². The SMILES string of the molecule is CCCCC(CCC)C(=O)CCC(C(=O)O)N1CCN(CC(=O)O)CCCN(CC(=O)O)CC1. The van der Waals surface area contributed by atoms with Crippen LogP contribution in [0.2, 0.25) is 0 Å². The van der Waals surface area contributed by atoms with Crippen LogP contribution in [0.4, 0.5) is 0 Å². The first-order valence-corrected chi connectivity index (χ1v) is 12.6. The summed E-state index contributed by atoms with van der Waals surface area (Å²) in [5.74, 6) is -2.85. The number of unbranched alkanes of at least 4 members (excludes halogenated alkanes) is 1. The standard InChI is InChI=1S/C24H43N3O7/c1-3-5-8-19(7-4-2)21(28)10-9-20(24(33)34)27-15-13-25(17-22(29)30)11-6-12-26(14-16-27)18-23(31)32/h19-20H,3-18H2,1-2H3,(H,29,30)(H,31,32)(H,33,34). The van der Waals surface area contributed by atoms with Crippen molar-refractivity contribution in [2.45, 2.75) is 71.3 Å². The Balaban J connectivity index is 2.94. The molecule has 1 saturated heterocycles. The van der Waals surface area contributed by atoms with E-state index < -0.39 is 23.9 Å². The molecule has 0 bridgehead atoms. The van der Waals surface area contributed by atoms with Gasteiger partial charge in [-0.3, -0.25) is 33.9 Å². The Kier molecular flexibility index (Phi) is 14.6. The molecule has 10 heteroatoms. The number of carbonyl (C=O) groups excluding carboxylic acids is 1. The van der Waals surface area contributed by atoms with E-state index in [1.807, 2.05) is 6.92 Å². The van der Waals surface area contributed by atoms with E-state index in [1.54, 1.807) is 14.7 Å². The normalized spacial score (nSPS) is 18.8. The average Bonchev–Trinajstić information content (AvgIpc) is 2.76. The van der Waals surface area contributed by atoms with Gasteiger partial charge < -0.3 is 15.3 Å². The number of rotatable bonds is 15. The third-order valence-corrected chi connectivity index (χ3v) is 6.46. The Morgan fingerprint density at radius 1 is 0.735 bits per heavy atom. The van der Waals surface area contributed by atoms with Crippen molar-refractivity contribution in [1.82, 2.24) is 14.7 Å². The zero-order valence-electron chi connectivity index (χ0n) is 20.8. The maximum absolute atomic E-state index is 12.9. The Bertz CT molecular complexity index is 630. The minimum absolute atomic E-state index is 0.0319. The van der Waals surface area contributed by atoms with Gasteiger partial charge in [-0.1, -0.05) is 33.1 Å². The second kappa shape index (κ2) is 16.6. The Morgan fingerprint density at radius 2 is 1.29 bits per heavy atom. The van der Waals surface area contributed by atoms with Crippen molar-refractivity contribution in [1.29, 1.82) is 0 Å². The van der Waals surface area contributed by atoms with E-state index in [-0.39, 0.29) is 37.6 Å². The molecule has 0 spiro atoms. The van der Waals surface area contributed by atoms with E-state index in [9.17, 15) is 34.5 Å². The summed E-state index contributed by atoms with van der Waals surface area (Å²) in [6, 6.07) is -0.879. The summed E-state index contributed by atoms with van der Waals surface area (Å²) in [4.78, 5) is 52.8. The molecule has 2 atom stereocenters. The maximum Gasteiger partial charge on any atom is 0.320 e. The van der Waals surface area contributed by atoms with Gasteiger partial charge in [-0.15, -0.1) is 0 Å². The van der Waals surface area contributed by atoms with Gasteiger partial charge in [0.25, 0.3) is 0 Å². The summed E-state index contributed by atoms with van der Waals surface area (Å²) in [7, 11) is 0. The molecule has 0 radical (unpaired) electrons. The predicted molar refractivity (Wildman–Crippen MR) is 128 cm³/mol. The summed E-state index contributed by atoms with van der Waals surface area (Å²) >= 11 is 0. The molecule has 0 aromatic carbocycles. The van der Waals surface area contributed by atoms with Crippen molar-refractivity contribution in [3.63, 3.8) is 0 Å². The molecule has 1 heterocycles. The summed E-state index contributed by atoms with van der Waals surface area (Å²) < 4.78 is 0.